The predicted octanol–water partition coefficient (Wildman–Crippen LogP) is 1.30. The van der Waals surface area contributed by atoms with E-state index in [1.807, 2.05) is 19.1 Å². The van der Waals surface area contributed by atoms with E-state index in [0.717, 1.165) is 27.6 Å². The fourth-order valence-electron chi connectivity index (χ4n) is 2.88. The molecule has 0 saturated heterocycles. The van der Waals surface area contributed by atoms with Crippen LogP contribution in [0.2, 0.25) is 0 Å². The standard InChI is InChI=1S/C19H22N4O3/c1-10-7-11(2)20-13(10)8-14-16(24-4)9-15(22-14)17-12(3)21-19(26-6)23-18(17)25-5/h7-9,20,22H,3H2,1-2,4-6H3/b14-8-,17-15+. The second kappa shape index (κ2) is 6.95. The Bertz CT molecular complexity index is 1140. The number of methoxy groups -OCH3 is 3. The topological polar surface area (TPSA) is 85.1 Å². The predicted molar refractivity (Wildman–Crippen MR) is 98.8 cm³/mol. The highest BCUT2D eigenvalue weighted by molar-refractivity contribution is 5.52. The highest BCUT2D eigenvalue weighted by Gasteiger charge is 2.08. The Kier molecular flexibility index (Phi) is 4.71. The summed E-state index contributed by atoms with van der Waals surface area (Å²) in [4.78, 5) is 15.2. The van der Waals surface area contributed by atoms with E-state index in [1.165, 1.54) is 7.11 Å². The van der Waals surface area contributed by atoms with Gasteiger partial charge in [-0.05, 0) is 31.6 Å². The van der Waals surface area contributed by atoms with Crippen LogP contribution < -0.4 is 24.9 Å². The lowest BCUT2D eigenvalue weighted by molar-refractivity contribution is 0.348. The number of hydrogen-bond acceptors (Lipinski definition) is 5. The minimum absolute atomic E-state index is 0.207. The Hall–Kier alpha value is -3.22. The van der Waals surface area contributed by atoms with Gasteiger partial charge in [0.1, 0.15) is 5.75 Å². The first-order valence-electron chi connectivity index (χ1n) is 8.07. The van der Waals surface area contributed by atoms with E-state index in [4.69, 9.17) is 14.2 Å². The third-order valence-corrected chi connectivity index (χ3v) is 4.08. The molecule has 3 aromatic heterocycles. The Balaban J connectivity index is 2.36. The SMILES string of the molecule is C=c1nc(OC)nc(OC)/c1=c1\cc(OC)/c(=C/c2[nH]c(C)cc2C)[nH]1. The molecule has 0 bridgehead atoms. The summed E-state index contributed by atoms with van der Waals surface area (Å²) in [6.07, 6.45) is 2.00. The number of rotatable bonds is 4. The number of H-pyrrole nitrogens is 2. The van der Waals surface area contributed by atoms with Gasteiger partial charge < -0.3 is 24.2 Å². The second-order valence-electron chi connectivity index (χ2n) is 5.90. The first-order chi connectivity index (χ1) is 12.5. The summed E-state index contributed by atoms with van der Waals surface area (Å²) < 4.78 is 16.0. The molecule has 0 atom stereocenters. The maximum absolute atomic E-state index is 5.52. The minimum Gasteiger partial charge on any atom is -0.494 e. The molecule has 0 saturated carbocycles. The molecule has 3 heterocycles. The van der Waals surface area contributed by atoms with Gasteiger partial charge in [0.2, 0.25) is 5.88 Å². The fourth-order valence-corrected chi connectivity index (χ4v) is 2.88. The zero-order valence-corrected chi connectivity index (χ0v) is 15.6. The van der Waals surface area contributed by atoms with Crippen LogP contribution >= 0.6 is 0 Å². The smallest absolute Gasteiger partial charge is 0.320 e. The Labute approximate surface area is 150 Å². The normalized spacial score (nSPS) is 13.0. The van der Waals surface area contributed by atoms with E-state index in [0.29, 0.717) is 22.2 Å². The molecule has 7 heteroatoms. The zero-order valence-electron chi connectivity index (χ0n) is 15.6. The molecule has 3 rings (SSSR count). The van der Waals surface area contributed by atoms with Crippen LogP contribution in [0.1, 0.15) is 17.0 Å². The van der Waals surface area contributed by atoms with Gasteiger partial charge in [0, 0.05) is 17.5 Å². The number of hydrogen-bond donors (Lipinski definition) is 2. The summed E-state index contributed by atoms with van der Waals surface area (Å²) in [6.45, 7) is 8.07. The molecule has 0 spiro atoms. The monoisotopic (exact) mass is 354 g/mol. The van der Waals surface area contributed by atoms with Gasteiger partial charge in [-0.1, -0.05) is 6.58 Å². The molecule has 0 aliphatic heterocycles. The molecule has 3 aromatic rings. The summed E-state index contributed by atoms with van der Waals surface area (Å²) in [7, 11) is 4.67. The maximum atomic E-state index is 5.52. The maximum Gasteiger partial charge on any atom is 0.320 e. The largest absolute Gasteiger partial charge is 0.494 e. The minimum atomic E-state index is 0.207. The van der Waals surface area contributed by atoms with Crippen molar-refractivity contribution in [2.24, 2.45) is 0 Å². The number of aryl methyl sites for hydroxylation is 2. The van der Waals surface area contributed by atoms with Gasteiger partial charge in [0.05, 0.1) is 42.6 Å². The van der Waals surface area contributed by atoms with Gasteiger partial charge in [-0.2, -0.15) is 9.97 Å². The quantitative estimate of drug-likeness (QED) is 0.738. The van der Waals surface area contributed by atoms with Crippen LogP contribution in [0.25, 0.3) is 12.7 Å². The van der Waals surface area contributed by atoms with E-state index in [2.05, 4.69) is 39.5 Å². The number of aromatic amines is 2. The Morgan fingerprint density at radius 3 is 2.35 bits per heavy atom. The zero-order chi connectivity index (χ0) is 18.8. The van der Waals surface area contributed by atoms with E-state index >= 15 is 0 Å². The van der Waals surface area contributed by atoms with Crippen LogP contribution in [-0.2, 0) is 0 Å². The van der Waals surface area contributed by atoms with Crippen LogP contribution in [0.15, 0.2) is 12.1 Å². The fraction of sp³-hybridized carbons (Fsp3) is 0.263. The second-order valence-corrected chi connectivity index (χ2v) is 5.90. The molecule has 26 heavy (non-hydrogen) atoms. The Morgan fingerprint density at radius 2 is 1.77 bits per heavy atom. The van der Waals surface area contributed by atoms with Crippen molar-refractivity contribution < 1.29 is 14.2 Å². The molecule has 0 radical (unpaired) electrons. The van der Waals surface area contributed by atoms with Crippen molar-refractivity contribution in [3.63, 3.8) is 0 Å². The number of aromatic nitrogens is 4. The van der Waals surface area contributed by atoms with Crippen molar-refractivity contribution in [2.45, 2.75) is 13.8 Å². The first-order valence-corrected chi connectivity index (χ1v) is 8.07. The number of ether oxygens (including phenoxy) is 3. The van der Waals surface area contributed by atoms with Crippen LogP contribution in [0.4, 0.5) is 0 Å². The highest BCUT2D eigenvalue weighted by Crippen LogP contribution is 2.13. The molecule has 0 fully saturated rings. The van der Waals surface area contributed by atoms with Gasteiger partial charge in [0.25, 0.3) is 0 Å². The molecule has 0 aromatic carbocycles. The van der Waals surface area contributed by atoms with Gasteiger partial charge in [-0.15, -0.1) is 0 Å². The molecule has 136 valence electrons. The molecule has 2 N–H and O–H groups in total. The van der Waals surface area contributed by atoms with Gasteiger partial charge >= 0.3 is 6.01 Å². The summed E-state index contributed by atoms with van der Waals surface area (Å²) in [5.41, 5.74) is 3.27. The number of nitrogens with zero attached hydrogens (tertiary/aromatic N) is 2. The van der Waals surface area contributed by atoms with Crippen LogP contribution in [-0.4, -0.2) is 41.3 Å². The third-order valence-electron chi connectivity index (χ3n) is 4.08. The average Bonchev–Trinajstić information content (AvgIpc) is 3.16. The summed E-state index contributed by atoms with van der Waals surface area (Å²) in [6, 6.07) is 4.18. The summed E-state index contributed by atoms with van der Waals surface area (Å²) in [5, 5.41) is 2.73. The van der Waals surface area contributed by atoms with E-state index < -0.39 is 0 Å². The van der Waals surface area contributed by atoms with Crippen molar-refractivity contribution in [3.8, 4) is 17.6 Å². The van der Waals surface area contributed by atoms with Crippen LogP contribution in [0.5, 0.6) is 17.6 Å². The van der Waals surface area contributed by atoms with Gasteiger partial charge in [-0.25, -0.2) is 0 Å². The molecule has 0 amide bonds. The van der Waals surface area contributed by atoms with Crippen molar-refractivity contribution in [3.05, 3.63) is 50.4 Å². The Morgan fingerprint density at radius 1 is 1.00 bits per heavy atom. The molecule has 0 aliphatic rings. The van der Waals surface area contributed by atoms with Crippen molar-refractivity contribution >= 4 is 12.7 Å². The van der Waals surface area contributed by atoms with Gasteiger partial charge in [0.15, 0.2) is 0 Å². The lowest BCUT2D eigenvalue weighted by atomic mass is 10.2. The molecule has 7 nitrogen and oxygen atoms in total. The van der Waals surface area contributed by atoms with E-state index in [1.54, 1.807) is 14.2 Å². The lowest BCUT2D eigenvalue weighted by Crippen LogP contribution is -2.13. The van der Waals surface area contributed by atoms with Crippen molar-refractivity contribution in [1.29, 1.82) is 0 Å². The van der Waals surface area contributed by atoms with Gasteiger partial charge in [-0.3, -0.25) is 0 Å². The summed E-state index contributed by atoms with van der Waals surface area (Å²) in [5.74, 6) is 1.08. The molecule has 0 unspecified atom stereocenters. The average molecular weight is 354 g/mol. The summed E-state index contributed by atoms with van der Waals surface area (Å²) >= 11 is 0. The first kappa shape index (κ1) is 17.6. The van der Waals surface area contributed by atoms with Crippen molar-refractivity contribution in [1.82, 2.24) is 19.9 Å². The highest BCUT2D eigenvalue weighted by atomic mass is 16.5. The van der Waals surface area contributed by atoms with Crippen LogP contribution in [0.3, 0.4) is 0 Å². The third kappa shape index (κ3) is 3.15. The van der Waals surface area contributed by atoms with Crippen LogP contribution in [0, 0.1) is 24.4 Å². The van der Waals surface area contributed by atoms with E-state index in [9.17, 15) is 0 Å². The number of nitrogens with one attached hydrogen (secondary N) is 2. The lowest BCUT2D eigenvalue weighted by Gasteiger charge is -2.02. The molecular formula is C19H22N4O3. The molecule has 0 aliphatic carbocycles. The van der Waals surface area contributed by atoms with Crippen molar-refractivity contribution in [2.75, 3.05) is 21.3 Å². The molecular weight excluding hydrogens is 332 g/mol. The van der Waals surface area contributed by atoms with E-state index in [-0.39, 0.29) is 6.01 Å².